The first-order valence-corrected chi connectivity index (χ1v) is 9.49. The number of fused-ring (bicyclic) bond motifs is 1. The van der Waals surface area contributed by atoms with Gasteiger partial charge in [-0.2, -0.15) is 0 Å². The molecule has 1 saturated heterocycles. The van der Waals surface area contributed by atoms with Crippen LogP contribution in [0.3, 0.4) is 0 Å². The fraction of sp³-hybridized carbons (Fsp3) is 0.409. The minimum absolute atomic E-state index is 0.135. The van der Waals surface area contributed by atoms with E-state index in [9.17, 15) is 4.79 Å². The summed E-state index contributed by atoms with van der Waals surface area (Å²) in [4.78, 5) is 15.1. The molecular weight excluding hydrogens is 308 g/mol. The van der Waals surface area contributed by atoms with Gasteiger partial charge >= 0.3 is 0 Å². The number of benzene rings is 2. The maximum Gasteiger partial charge on any atom is 0.227 e. The summed E-state index contributed by atoms with van der Waals surface area (Å²) >= 11 is 0. The Kier molecular flexibility index (Phi) is 4.84. The molecule has 2 aromatic carbocycles. The second kappa shape index (κ2) is 7.40. The highest BCUT2D eigenvalue weighted by molar-refractivity contribution is 5.92. The molecule has 25 heavy (non-hydrogen) atoms. The number of aryl methyl sites for hydroxylation is 1. The lowest BCUT2D eigenvalue weighted by molar-refractivity contribution is -0.121. The van der Waals surface area contributed by atoms with Crippen LogP contribution in [0, 0.1) is 5.92 Å². The molecule has 1 fully saturated rings. The fourth-order valence-corrected chi connectivity index (χ4v) is 4.35. The molecule has 1 aliphatic carbocycles. The first kappa shape index (κ1) is 16.3. The van der Waals surface area contributed by atoms with Crippen molar-refractivity contribution >= 4 is 11.6 Å². The van der Waals surface area contributed by atoms with E-state index in [1.165, 1.54) is 30.4 Å². The second-order valence-electron chi connectivity index (χ2n) is 7.27. The molecular formula is C22H26N2O. The maximum atomic E-state index is 12.5. The van der Waals surface area contributed by atoms with Crippen LogP contribution >= 0.6 is 0 Å². The number of rotatable bonds is 3. The van der Waals surface area contributed by atoms with Crippen LogP contribution in [-0.2, 0) is 11.2 Å². The summed E-state index contributed by atoms with van der Waals surface area (Å²) in [5.41, 5.74) is 3.93. The van der Waals surface area contributed by atoms with Crippen LogP contribution in [-0.4, -0.2) is 23.9 Å². The summed E-state index contributed by atoms with van der Waals surface area (Å²) in [5, 5.41) is 3.06. The van der Waals surface area contributed by atoms with Crippen molar-refractivity contribution in [1.29, 1.82) is 0 Å². The second-order valence-corrected chi connectivity index (χ2v) is 7.27. The maximum absolute atomic E-state index is 12.5. The van der Waals surface area contributed by atoms with E-state index in [-0.39, 0.29) is 11.8 Å². The highest BCUT2D eigenvalue weighted by Crippen LogP contribution is 2.36. The number of amides is 1. The van der Waals surface area contributed by atoms with Gasteiger partial charge in [0.1, 0.15) is 0 Å². The van der Waals surface area contributed by atoms with Crippen LogP contribution in [0.25, 0.3) is 0 Å². The quantitative estimate of drug-likeness (QED) is 0.901. The Balaban J connectivity index is 1.37. The number of hydrogen-bond acceptors (Lipinski definition) is 2. The van der Waals surface area contributed by atoms with Crippen molar-refractivity contribution in [1.82, 2.24) is 4.90 Å². The molecule has 0 radical (unpaired) electrons. The van der Waals surface area contributed by atoms with Crippen LogP contribution in [0.1, 0.15) is 42.9 Å². The molecule has 0 bridgehead atoms. The van der Waals surface area contributed by atoms with Crippen molar-refractivity contribution in [2.45, 2.75) is 38.1 Å². The van der Waals surface area contributed by atoms with Gasteiger partial charge in [0.15, 0.2) is 0 Å². The summed E-state index contributed by atoms with van der Waals surface area (Å²) in [6, 6.07) is 19.2. The van der Waals surface area contributed by atoms with Gasteiger partial charge in [-0.05, 0) is 68.5 Å². The first-order valence-electron chi connectivity index (χ1n) is 9.49. The largest absolute Gasteiger partial charge is 0.326 e. The molecule has 0 spiro atoms. The van der Waals surface area contributed by atoms with Gasteiger partial charge in [-0.25, -0.2) is 0 Å². The standard InChI is InChI=1S/C22H26N2O/c25-22(23-19-9-2-1-3-10-19)18-13-15-24(16-14-18)21-12-6-8-17-7-4-5-11-20(17)21/h1-5,7,9-11,18,21H,6,8,12-16H2,(H,23,25). The number of hydrogen-bond donors (Lipinski definition) is 1. The number of carbonyl (C=O) groups is 1. The van der Waals surface area contributed by atoms with E-state index in [1.807, 2.05) is 30.3 Å². The average Bonchev–Trinajstić information content (AvgIpc) is 2.68. The van der Waals surface area contributed by atoms with Gasteiger partial charge in [0.2, 0.25) is 5.91 Å². The lowest BCUT2D eigenvalue weighted by Crippen LogP contribution is -2.41. The smallest absolute Gasteiger partial charge is 0.227 e. The molecule has 1 amide bonds. The van der Waals surface area contributed by atoms with E-state index < -0.39 is 0 Å². The molecule has 2 aliphatic rings. The van der Waals surface area contributed by atoms with Crippen molar-refractivity contribution in [3.63, 3.8) is 0 Å². The van der Waals surface area contributed by atoms with Crippen LogP contribution in [0.2, 0.25) is 0 Å². The molecule has 1 atom stereocenters. The van der Waals surface area contributed by atoms with Gasteiger partial charge < -0.3 is 5.32 Å². The molecule has 0 aromatic heterocycles. The molecule has 1 heterocycles. The molecule has 0 saturated carbocycles. The van der Waals surface area contributed by atoms with Crippen LogP contribution in [0.4, 0.5) is 5.69 Å². The summed E-state index contributed by atoms with van der Waals surface area (Å²) < 4.78 is 0. The number of nitrogens with one attached hydrogen (secondary N) is 1. The van der Waals surface area contributed by atoms with Gasteiger partial charge in [0.25, 0.3) is 0 Å². The van der Waals surface area contributed by atoms with Crippen molar-refractivity contribution in [3.8, 4) is 0 Å². The number of carbonyl (C=O) groups excluding carboxylic acids is 1. The van der Waals surface area contributed by atoms with Crippen molar-refractivity contribution < 1.29 is 4.79 Å². The molecule has 3 nitrogen and oxygen atoms in total. The van der Waals surface area contributed by atoms with Gasteiger partial charge in [-0.3, -0.25) is 9.69 Å². The predicted octanol–water partition coefficient (Wildman–Crippen LogP) is 4.41. The Morgan fingerprint density at radius 1 is 0.920 bits per heavy atom. The lowest BCUT2D eigenvalue weighted by Gasteiger charge is -2.40. The summed E-state index contributed by atoms with van der Waals surface area (Å²) in [6.45, 7) is 2.04. The Bertz CT molecular complexity index is 720. The Morgan fingerprint density at radius 3 is 2.44 bits per heavy atom. The molecule has 1 unspecified atom stereocenters. The van der Waals surface area contributed by atoms with E-state index in [2.05, 4.69) is 34.5 Å². The Hall–Kier alpha value is -2.13. The normalized spacial score (nSPS) is 21.5. The molecule has 1 aliphatic heterocycles. The van der Waals surface area contributed by atoms with Crippen molar-refractivity contribution in [2.75, 3.05) is 18.4 Å². The van der Waals surface area contributed by atoms with E-state index in [1.54, 1.807) is 0 Å². The number of para-hydroxylation sites is 1. The molecule has 4 rings (SSSR count). The lowest BCUT2D eigenvalue weighted by atomic mass is 9.85. The van der Waals surface area contributed by atoms with E-state index in [0.29, 0.717) is 6.04 Å². The van der Waals surface area contributed by atoms with Crippen LogP contribution in [0.15, 0.2) is 54.6 Å². The number of nitrogens with zero attached hydrogens (tertiary/aromatic N) is 1. The van der Waals surface area contributed by atoms with E-state index in [0.717, 1.165) is 31.6 Å². The van der Waals surface area contributed by atoms with E-state index in [4.69, 9.17) is 0 Å². The summed E-state index contributed by atoms with van der Waals surface area (Å²) in [7, 11) is 0. The highest BCUT2D eigenvalue weighted by Gasteiger charge is 2.31. The first-order chi connectivity index (χ1) is 12.3. The third-order valence-corrected chi connectivity index (χ3v) is 5.72. The van der Waals surface area contributed by atoms with Crippen molar-refractivity contribution in [3.05, 3.63) is 65.7 Å². The molecule has 1 N–H and O–H groups in total. The number of likely N-dealkylation sites (tertiary alicyclic amines) is 1. The number of anilines is 1. The fourth-order valence-electron chi connectivity index (χ4n) is 4.35. The van der Waals surface area contributed by atoms with Gasteiger partial charge in [-0.1, -0.05) is 42.5 Å². The third-order valence-electron chi connectivity index (χ3n) is 5.72. The predicted molar refractivity (Wildman–Crippen MR) is 101 cm³/mol. The van der Waals surface area contributed by atoms with Gasteiger partial charge in [-0.15, -0.1) is 0 Å². The minimum Gasteiger partial charge on any atom is -0.326 e. The Labute approximate surface area is 150 Å². The van der Waals surface area contributed by atoms with Crippen LogP contribution < -0.4 is 5.32 Å². The molecule has 2 aromatic rings. The SMILES string of the molecule is O=C(Nc1ccccc1)C1CCN(C2CCCc3ccccc32)CC1. The monoisotopic (exact) mass is 334 g/mol. The summed E-state index contributed by atoms with van der Waals surface area (Å²) in [5.74, 6) is 0.310. The minimum atomic E-state index is 0.135. The zero-order chi connectivity index (χ0) is 17.1. The highest BCUT2D eigenvalue weighted by atomic mass is 16.1. The summed E-state index contributed by atoms with van der Waals surface area (Å²) in [6.07, 6.45) is 5.64. The topological polar surface area (TPSA) is 32.3 Å². The van der Waals surface area contributed by atoms with E-state index >= 15 is 0 Å². The van der Waals surface area contributed by atoms with Crippen molar-refractivity contribution in [2.24, 2.45) is 5.92 Å². The average molecular weight is 334 g/mol. The van der Waals surface area contributed by atoms with Crippen LogP contribution in [0.5, 0.6) is 0 Å². The molecule has 130 valence electrons. The Morgan fingerprint density at radius 2 is 1.64 bits per heavy atom. The third kappa shape index (κ3) is 3.62. The number of piperidine rings is 1. The van der Waals surface area contributed by atoms with Gasteiger partial charge in [0.05, 0.1) is 0 Å². The zero-order valence-electron chi connectivity index (χ0n) is 14.7. The molecule has 3 heteroatoms. The zero-order valence-corrected chi connectivity index (χ0v) is 14.7. The van der Waals surface area contributed by atoms with Gasteiger partial charge in [0, 0.05) is 17.6 Å².